The minimum Gasteiger partial charge on any atom is -0.487 e. The molecule has 0 unspecified atom stereocenters. The van der Waals surface area contributed by atoms with Crippen molar-refractivity contribution in [1.82, 2.24) is 0 Å². The number of anilines is 1. The number of halogens is 3. The van der Waals surface area contributed by atoms with Gasteiger partial charge in [-0.25, -0.2) is 0 Å². The van der Waals surface area contributed by atoms with Crippen LogP contribution in [0.15, 0.2) is 69.6 Å². The molecule has 3 aromatic rings. The Kier molecular flexibility index (Phi) is 7.22. The highest BCUT2D eigenvalue weighted by molar-refractivity contribution is 9.11. The Bertz CT molecular complexity index is 913. The smallest absolute Gasteiger partial charge is 0.139 e. The number of hydrogen-bond acceptors (Lipinski definition) is 2. The van der Waals surface area contributed by atoms with Gasteiger partial charge in [-0.1, -0.05) is 58.7 Å². The molecule has 27 heavy (non-hydrogen) atoms. The van der Waals surface area contributed by atoms with Gasteiger partial charge in [-0.3, -0.25) is 0 Å². The van der Waals surface area contributed by atoms with Crippen LogP contribution in [0.25, 0.3) is 0 Å². The Morgan fingerprint density at radius 3 is 2.44 bits per heavy atom. The standard InChI is InChI=1S/C22H20Br2ClNO/c1-2-15-6-8-20(9-7-15)26-13-17-11-18(23)12-21(24)22(17)27-14-16-4-3-5-19(25)10-16/h3-12,26H,2,13-14H2,1H3. The van der Waals surface area contributed by atoms with Crippen molar-refractivity contribution in [3.63, 3.8) is 0 Å². The van der Waals surface area contributed by atoms with Crippen LogP contribution in [-0.2, 0) is 19.6 Å². The van der Waals surface area contributed by atoms with Crippen molar-refractivity contribution in [3.8, 4) is 5.75 Å². The van der Waals surface area contributed by atoms with E-state index in [-0.39, 0.29) is 0 Å². The lowest BCUT2D eigenvalue weighted by molar-refractivity contribution is 0.301. The van der Waals surface area contributed by atoms with Crippen LogP contribution in [0.3, 0.4) is 0 Å². The van der Waals surface area contributed by atoms with Crippen LogP contribution >= 0.6 is 43.5 Å². The van der Waals surface area contributed by atoms with Gasteiger partial charge in [0.25, 0.3) is 0 Å². The van der Waals surface area contributed by atoms with Gasteiger partial charge in [0.1, 0.15) is 12.4 Å². The van der Waals surface area contributed by atoms with Crippen LogP contribution in [0, 0.1) is 0 Å². The molecule has 0 saturated carbocycles. The zero-order chi connectivity index (χ0) is 19.2. The fourth-order valence-electron chi connectivity index (χ4n) is 2.74. The van der Waals surface area contributed by atoms with Crippen LogP contribution in [0.5, 0.6) is 5.75 Å². The highest BCUT2D eigenvalue weighted by Gasteiger charge is 2.11. The Labute approximate surface area is 182 Å². The Hall–Kier alpha value is -1.49. The van der Waals surface area contributed by atoms with Crippen LogP contribution in [0.1, 0.15) is 23.6 Å². The Morgan fingerprint density at radius 1 is 0.963 bits per heavy atom. The zero-order valence-electron chi connectivity index (χ0n) is 14.9. The van der Waals surface area contributed by atoms with Crippen LogP contribution in [-0.4, -0.2) is 0 Å². The maximum Gasteiger partial charge on any atom is 0.139 e. The van der Waals surface area contributed by atoms with E-state index < -0.39 is 0 Å². The van der Waals surface area contributed by atoms with Crippen molar-refractivity contribution in [1.29, 1.82) is 0 Å². The molecule has 3 rings (SSSR count). The molecule has 0 aliphatic rings. The largest absolute Gasteiger partial charge is 0.487 e. The van der Waals surface area contributed by atoms with E-state index >= 15 is 0 Å². The number of rotatable bonds is 7. The molecule has 0 spiro atoms. The molecular weight excluding hydrogens is 490 g/mol. The minimum absolute atomic E-state index is 0.457. The van der Waals surface area contributed by atoms with E-state index in [2.05, 4.69) is 74.4 Å². The van der Waals surface area contributed by atoms with Crippen molar-refractivity contribution in [3.05, 3.63) is 91.3 Å². The third kappa shape index (κ3) is 5.74. The fraction of sp³-hybridized carbons (Fsp3) is 0.182. The lowest BCUT2D eigenvalue weighted by atomic mass is 10.1. The van der Waals surface area contributed by atoms with E-state index in [0.717, 1.165) is 37.9 Å². The maximum absolute atomic E-state index is 6.12. The maximum atomic E-state index is 6.12. The van der Waals surface area contributed by atoms with Crippen molar-refractivity contribution in [2.75, 3.05) is 5.32 Å². The first-order valence-corrected chi connectivity index (χ1v) is 10.7. The third-order valence-corrected chi connectivity index (χ3v) is 5.48. The molecule has 0 amide bonds. The highest BCUT2D eigenvalue weighted by atomic mass is 79.9. The van der Waals surface area contributed by atoms with Crippen molar-refractivity contribution in [2.45, 2.75) is 26.5 Å². The second-order valence-corrected chi connectivity index (χ2v) is 8.40. The molecule has 0 heterocycles. The topological polar surface area (TPSA) is 21.3 Å². The Balaban J connectivity index is 1.75. The minimum atomic E-state index is 0.457. The molecule has 140 valence electrons. The molecule has 0 aromatic heterocycles. The van der Waals surface area contributed by atoms with Crippen molar-refractivity contribution in [2.24, 2.45) is 0 Å². The summed E-state index contributed by atoms with van der Waals surface area (Å²) in [6.45, 7) is 3.28. The molecule has 0 aliphatic heterocycles. The van der Waals surface area contributed by atoms with Gasteiger partial charge in [-0.2, -0.15) is 0 Å². The molecule has 0 saturated heterocycles. The van der Waals surface area contributed by atoms with Crippen LogP contribution < -0.4 is 10.1 Å². The van der Waals surface area contributed by atoms with Gasteiger partial charge in [0.05, 0.1) is 4.47 Å². The summed E-state index contributed by atoms with van der Waals surface area (Å²) in [6, 6.07) is 20.3. The first-order valence-electron chi connectivity index (χ1n) is 8.73. The zero-order valence-corrected chi connectivity index (χ0v) is 18.9. The summed E-state index contributed by atoms with van der Waals surface area (Å²) in [5.74, 6) is 0.829. The average Bonchev–Trinajstić information content (AvgIpc) is 2.66. The predicted molar refractivity (Wildman–Crippen MR) is 121 cm³/mol. The summed E-state index contributed by atoms with van der Waals surface area (Å²) in [4.78, 5) is 0. The Morgan fingerprint density at radius 2 is 1.74 bits per heavy atom. The molecule has 0 atom stereocenters. The lowest BCUT2D eigenvalue weighted by Crippen LogP contribution is -2.05. The SMILES string of the molecule is CCc1ccc(NCc2cc(Br)cc(Br)c2OCc2cccc(Cl)c2)cc1. The van der Waals surface area contributed by atoms with Gasteiger partial charge in [0, 0.05) is 27.3 Å². The van der Waals surface area contributed by atoms with E-state index in [1.54, 1.807) is 0 Å². The molecule has 1 N–H and O–H groups in total. The van der Waals surface area contributed by atoms with Gasteiger partial charge in [-0.05, 0) is 69.9 Å². The molecular formula is C22H20Br2ClNO. The summed E-state index contributed by atoms with van der Waals surface area (Å²) in [5.41, 5.74) is 4.52. The molecule has 0 radical (unpaired) electrons. The number of aryl methyl sites for hydroxylation is 1. The van der Waals surface area contributed by atoms with Gasteiger partial charge in [0.2, 0.25) is 0 Å². The predicted octanol–water partition coefficient (Wildman–Crippen LogP) is 7.62. The van der Waals surface area contributed by atoms with Crippen LogP contribution in [0.4, 0.5) is 5.69 Å². The van der Waals surface area contributed by atoms with Crippen molar-refractivity contribution < 1.29 is 4.74 Å². The summed E-state index contributed by atoms with van der Waals surface area (Å²) in [6.07, 6.45) is 1.04. The number of nitrogens with one attached hydrogen (secondary N) is 1. The van der Waals surface area contributed by atoms with Gasteiger partial charge < -0.3 is 10.1 Å². The number of benzene rings is 3. The average molecular weight is 510 g/mol. The molecule has 0 fully saturated rings. The normalized spacial score (nSPS) is 10.7. The van der Waals surface area contributed by atoms with Gasteiger partial charge in [0.15, 0.2) is 0 Å². The highest BCUT2D eigenvalue weighted by Crippen LogP contribution is 2.34. The molecule has 3 aromatic carbocycles. The second kappa shape index (κ2) is 9.63. The molecule has 0 bridgehead atoms. The van der Waals surface area contributed by atoms with Gasteiger partial charge >= 0.3 is 0 Å². The van der Waals surface area contributed by atoms with Crippen LogP contribution in [0.2, 0.25) is 5.02 Å². The van der Waals surface area contributed by atoms with Gasteiger partial charge in [-0.15, -0.1) is 0 Å². The first kappa shape index (κ1) is 20.2. The second-order valence-electron chi connectivity index (χ2n) is 6.20. The first-order chi connectivity index (χ1) is 13.0. The van der Waals surface area contributed by atoms with Crippen molar-refractivity contribution >= 4 is 49.1 Å². The van der Waals surface area contributed by atoms with E-state index in [9.17, 15) is 0 Å². The van der Waals surface area contributed by atoms with E-state index in [1.807, 2.05) is 30.3 Å². The third-order valence-electron chi connectivity index (χ3n) is 4.20. The molecule has 2 nitrogen and oxygen atoms in total. The number of ether oxygens (including phenoxy) is 1. The van der Waals surface area contributed by atoms with E-state index in [0.29, 0.717) is 18.2 Å². The quantitative estimate of drug-likeness (QED) is 0.354. The number of hydrogen-bond donors (Lipinski definition) is 1. The monoisotopic (exact) mass is 507 g/mol. The molecule has 0 aliphatic carbocycles. The van der Waals surface area contributed by atoms with E-state index in [1.165, 1.54) is 5.56 Å². The summed E-state index contributed by atoms with van der Waals surface area (Å²) >= 11 is 13.3. The summed E-state index contributed by atoms with van der Waals surface area (Å²) in [5, 5.41) is 4.18. The summed E-state index contributed by atoms with van der Waals surface area (Å²) < 4.78 is 8.04. The fourth-order valence-corrected chi connectivity index (χ4v) is 4.39. The molecule has 5 heteroatoms. The summed E-state index contributed by atoms with van der Waals surface area (Å²) in [7, 11) is 0. The lowest BCUT2D eigenvalue weighted by Gasteiger charge is -2.16. The van der Waals surface area contributed by atoms with E-state index in [4.69, 9.17) is 16.3 Å².